The lowest BCUT2D eigenvalue weighted by Crippen LogP contribution is -2.63. The Morgan fingerprint density at radius 1 is 1.00 bits per heavy atom. The van der Waals surface area contributed by atoms with Gasteiger partial charge in [0.15, 0.2) is 6.29 Å². The standard InChI is InChI=1S/C13H25NO5/c15-7-9-11(16)12(17)10(13(18)19-9)14-6-8-4-2-1-3-5-8/h8-18H,1-7H2/t9-,10-,11-,12-,13-/m1/s1. The van der Waals surface area contributed by atoms with Gasteiger partial charge in [0.2, 0.25) is 0 Å². The van der Waals surface area contributed by atoms with Crippen LogP contribution in [-0.4, -0.2) is 64.2 Å². The summed E-state index contributed by atoms with van der Waals surface area (Å²) in [6, 6.07) is -0.709. The molecule has 6 nitrogen and oxygen atoms in total. The molecule has 0 spiro atoms. The average Bonchev–Trinajstić information content (AvgIpc) is 2.44. The van der Waals surface area contributed by atoms with Crippen LogP contribution in [0.5, 0.6) is 0 Å². The molecule has 0 unspecified atom stereocenters. The van der Waals surface area contributed by atoms with E-state index in [-0.39, 0.29) is 0 Å². The Labute approximate surface area is 113 Å². The summed E-state index contributed by atoms with van der Waals surface area (Å²) < 4.78 is 5.10. The van der Waals surface area contributed by atoms with E-state index in [0.717, 1.165) is 12.8 Å². The van der Waals surface area contributed by atoms with E-state index >= 15 is 0 Å². The van der Waals surface area contributed by atoms with Gasteiger partial charge < -0.3 is 30.5 Å². The Hall–Kier alpha value is -0.240. The molecule has 2 aliphatic rings. The van der Waals surface area contributed by atoms with Crippen LogP contribution >= 0.6 is 0 Å². The Kier molecular flexibility index (Phi) is 5.56. The van der Waals surface area contributed by atoms with Gasteiger partial charge in [-0.3, -0.25) is 0 Å². The molecule has 2 fully saturated rings. The number of ether oxygens (including phenoxy) is 1. The second kappa shape index (κ2) is 6.97. The molecule has 112 valence electrons. The van der Waals surface area contributed by atoms with Gasteiger partial charge in [0.1, 0.15) is 18.3 Å². The van der Waals surface area contributed by atoms with E-state index in [2.05, 4.69) is 5.32 Å². The quantitative estimate of drug-likeness (QED) is 0.449. The third-order valence-electron chi connectivity index (χ3n) is 4.27. The Balaban J connectivity index is 1.84. The zero-order valence-corrected chi connectivity index (χ0v) is 11.1. The van der Waals surface area contributed by atoms with Gasteiger partial charge in [0.05, 0.1) is 12.6 Å². The molecule has 1 heterocycles. The lowest BCUT2D eigenvalue weighted by Gasteiger charge is -2.41. The van der Waals surface area contributed by atoms with Crippen LogP contribution in [0.1, 0.15) is 32.1 Å². The van der Waals surface area contributed by atoms with E-state index < -0.39 is 37.3 Å². The smallest absolute Gasteiger partial charge is 0.173 e. The summed E-state index contributed by atoms with van der Waals surface area (Å²) >= 11 is 0. The Morgan fingerprint density at radius 2 is 1.68 bits per heavy atom. The van der Waals surface area contributed by atoms with Crippen LogP contribution in [0.3, 0.4) is 0 Å². The highest BCUT2D eigenvalue weighted by Crippen LogP contribution is 2.24. The van der Waals surface area contributed by atoms with Gasteiger partial charge in [0.25, 0.3) is 0 Å². The number of hydrogen-bond donors (Lipinski definition) is 5. The maximum Gasteiger partial charge on any atom is 0.173 e. The highest BCUT2D eigenvalue weighted by molar-refractivity contribution is 4.93. The van der Waals surface area contributed by atoms with Crippen molar-refractivity contribution in [1.82, 2.24) is 5.32 Å². The summed E-state index contributed by atoms with van der Waals surface area (Å²) in [4.78, 5) is 0. The predicted octanol–water partition coefficient (Wildman–Crippen LogP) is -1.04. The molecular weight excluding hydrogens is 250 g/mol. The van der Waals surface area contributed by atoms with Gasteiger partial charge in [-0.1, -0.05) is 19.3 Å². The van der Waals surface area contributed by atoms with E-state index in [1.165, 1.54) is 19.3 Å². The maximum absolute atomic E-state index is 9.98. The first-order valence-electron chi connectivity index (χ1n) is 7.17. The molecule has 0 amide bonds. The third-order valence-corrected chi connectivity index (χ3v) is 4.27. The zero-order chi connectivity index (χ0) is 13.8. The van der Waals surface area contributed by atoms with Crippen molar-refractivity contribution in [2.75, 3.05) is 13.2 Å². The van der Waals surface area contributed by atoms with Crippen molar-refractivity contribution in [1.29, 1.82) is 0 Å². The number of nitrogens with one attached hydrogen (secondary N) is 1. The first kappa shape index (κ1) is 15.2. The van der Waals surface area contributed by atoms with Gasteiger partial charge in [0, 0.05) is 0 Å². The van der Waals surface area contributed by atoms with E-state index in [9.17, 15) is 15.3 Å². The third kappa shape index (κ3) is 3.65. The van der Waals surface area contributed by atoms with E-state index in [4.69, 9.17) is 9.84 Å². The molecule has 0 bridgehead atoms. The second-order valence-electron chi connectivity index (χ2n) is 5.67. The van der Waals surface area contributed by atoms with Crippen LogP contribution in [0.2, 0.25) is 0 Å². The number of aliphatic hydroxyl groups excluding tert-OH is 4. The number of hydrogen-bond acceptors (Lipinski definition) is 6. The van der Waals surface area contributed by atoms with Crippen molar-refractivity contribution < 1.29 is 25.2 Å². The Morgan fingerprint density at radius 3 is 2.32 bits per heavy atom. The van der Waals surface area contributed by atoms with Gasteiger partial charge in [-0.05, 0) is 25.3 Å². The molecule has 1 saturated carbocycles. The number of aliphatic hydroxyl groups is 4. The van der Waals surface area contributed by atoms with E-state index in [1.54, 1.807) is 0 Å². The highest BCUT2D eigenvalue weighted by atomic mass is 16.6. The summed E-state index contributed by atoms with van der Waals surface area (Å²) in [6.45, 7) is 0.281. The Bertz CT molecular complexity index is 272. The van der Waals surface area contributed by atoms with Crippen molar-refractivity contribution in [3.8, 4) is 0 Å². The molecule has 0 aromatic carbocycles. The molecule has 5 atom stereocenters. The average molecular weight is 275 g/mol. The summed E-state index contributed by atoms with van der Waals surface area (Å²) in [5.74, 6) is 0.556. The monoisotopic (exact) mass is 275 g/mol. The zero-order valence-electron chi connectivity index (χ0n) is 11.1. The summed E-state index contributed by atoms with van der Waals surface area (Å²) in [5, 5.41) is 41.7. The molecule has 0 aromatic rings. The van der Waals surface area contributed by atoms with Crippen molar-refractivity contribution in [3.63, 3.8) is 0 Å². The molecule has 6 heteroatoms. The van der Waals surface area contributed by atoms with Crippen LogP contribution < -0.4 is 5.32 Å². The van der Waals surface area contributed by atoms with Crippen molar-refractivity contribution in [2.45, 2.75) is 62.7 Å². The predicted molar refractivity (Wildman–Crippen MR) is 68.3 cm³/mol. The molecule has 1 saturated heterocycles. The molecule has 2 rings (SSSR count). The summed E-state index contributed by atoms with van der Waals surface area (Å²) in [5.41, 5.74) is 0. The van der Waals surface area contributed by atoms with E-state index in [1.807, 2.05) is 0 Å². The normalized spacial score (nSPS) is 41.4. The largest absolute Gasteiger partial charge is 0.394 e. The second-order valence-corrected chi connectivity index (χ2v) is 5.67. The molecule has 0 aromatic heterocycles. The molecule has 0 radical (unpaired) electrons. The molecule has 1 aliphatic heterocycles. The fourth-order valence-electron chi connectivity index (χ4n) is 3.01. The number of rotatable bonds is 4. The minimum Gasteiger partial charge on any atom is -0.394 e. The van der Waals surface area contributed by atoms with Gasteiger partial charge >= 0.3 is 0 Å². The first-order valence-corrected chi connectivity index (χ1v) is 7.17. The molecule has 19 heavy (non-hydrogen) atoms. The minimum atomic E-state index is -1.21. The highest BCUT2D eigenvalue weighted by Gasteiger charge is 2.43. The van der Waals surface area contributed by atoms with E-state index in [0.29, 0.717) is 12.5 Å². The van der Waals surface area contributed by atoms with Crippen molar-refractivity contribution in [2.24, 2.45) is 5.92 Å². The molecule has 1 aliphatic carbocycles. The summed E-state index contributed by atoms with van der Waals surface area (Å²) in [7, 11) is 0. The van der Waals surface area contributed by atoms with Crippen molar-refractivity contribution in [3.05, 3.63) is 0 Å². The lowest BCUT2D eigenvalue weighted by molar-refractivity contribution is -0.254. The lowest BCUT2D eigenvalue weighted by atomic mass is 9.88. The SMILES string of the molecule is OC[C@H]1O[C@@H](O)[C@H](NCC2CCCCC2)[C@@H](O)[C@@H]1O. The summed E-state index contributed by atoms with van der Waals surface area (Å²) in [6.07, 6.45) is 1.61. The van der Waals surface area contributed by atoms with Crippen molar-refractivity contribution >= 4 is 0 Å². The first-order chi connectivity index (χ1) is 9.13. The van der Waals surface area contributed by atoms with Crippen LogP contribution in [-0.2, 0) is 4.74 Å². The van der Waals surface area contributed by atoms with Crippen LogP contribution in [0.4, 0.5) is 0 Å². The van der Waals surface area contributed by atoms with Gasteiger partial charge in [-0.2, -0.15) is 0 Å². The fourth-order valence-corrected chi connectivity index (χ4v) is 3.01. The van der Waals surface area contributed by atoms with Gasteiger partial charge in [-0.15, -0.1) is 0 Å². The van der Waals surface area contributed by atoms with Crippen LogP contribution in [0.15, 0.2) is 0 Å². The minimum absolute atomic E-state index is 0.426. The fraction of sp³-hybridized carbons (Fsp3) is 1.00. The van der Waals surface area contributed by atoms with Crippen LogP contribution in [0, 0.1) is 5.92 Å². The topological polar surface area (TPSA) is 102 Å². The molecular formula is C13H25NO5. The van der Waals surface area contributed by atoms with Crippen LogP contribution in [0.25, 0.3) is 0 Å². The molecule has 5 N–H and O–H groups in total. The van der Waals surface area contributed by atoms with Gasteiger partial charge in [-0.25, -0.2) is 0 Å². The maximum atomic E-state index is 9.98.